The van der Waals surface area contributed by atoms with Crippen molar-refractivity contribution in [2.45, 2.75) is 12.4 Å². The molecule has 0 bridgehead atoms. The predicted octanol–water partition coefficient (Wildman–Crippen LogP) is 11.6. The van der Waals surface area contributed by atoms with Crippen molar-refractivity contribution in [3.05, 3.63) is 144 Å². The molecule has 0 unspecified atom stereocenters. The highest BCUT2D eigenvalue weighted by molar-refractivity contribution is 6.12. The van der Waals surface area contributed by atoms with Gasteiger partial charge >= 0.3 is 12.4 Å². The SMILES string of the molecule is N#Cc1ccc(-n2c3ccccc3c3ccc(-c4ccc5c6ccccc6n(-c6cccc(F)c6C(F)(F)F)c5c4)cc32)c(C(F)(F)F)c1. The van der Waals surface area contributed by atoms with Gasteiger partial charge in [0.2, 0.25) is 0 Å². The van der Waals surface area contributed by atoms with E-state index in [-0.39, 0.29) is 16.9 Å². The van der Waals surface area contributed by atoms with E-state index in [0.717, 1.165) is 12.1 Å². The molecule has 8 aromatic rings. The fraction of sp³-hybridized carbons (Fsp3) is 0.0513. The van der Waals surface area contributed by atoms with Crippen LogP contribution in [-0.2, 0) is 12.4 Å². The number of fused-ring (bicyclic) bond motifs is 6. The Morgan fingerprint density at radius 3 is 1.55 bits per heavy atom. The van der Waals surface area contributed by atoms with Crippen molar-refractivity contribution in [3.8, 4) is 28.6 Å². The van der Waals surface area contributed by atoms with Crippen molar-refractivity contribution in [1.82, 2.24) is 9.13 Å². The third-order valence-corrected chi connectivity index (χ3v) is 8.87. The Kier molecular flexibility index (Phi) is 6.62. The summed E-state index contributed by atoms with van der Waals surface area (Å²) in [5.41, 5.74) is -0.0351. The Hall–Kier alpha value is -6.08. The second-order valence-corrected chi connectivity index (χ2v) is 11.6. The third kappa shape index (κ3) is 4.72. The quantitative estimate of drug-likeness (QED) is 0.173. The Balaban J connectivity index is 1.41. The van der Waals surface area contributed by atoms with Gasteiger partial charge in [-0.25, -0.2) is 4.39 Å². The zero-order chi connectivity index (χ0) is 34.2. The summed E-state index contributed by atoms with van der Waals surface area (Å²) >= 11 is 0. The number of rotatable bonds is 3. The molecule has 0 aliphatic heterocycles. The molecule has 0 aliphatic rings. The van der Waals surface area contributed by atoms with Crippen LogP contribution in [0.3, 0.4) is 0 Å². The highest BCUT2D eigenvalue weighted by atomic mass is 19.4. The Morgan fingerprint density at radius 1 is 0.490 bits per heavy atom. The fourth-order valence-corrected chi connectivity index (χ4v) is 6.83. The lowest BCUT2D eigenvalue weighted by molar-refractivity contribution is -0.140. The molecule has 0 aliphatic carbocycles. The summed E-state index contributed by atoms with van der Waals surface area (Å²) in [7, 11) is 0. The minimum absolute atomic E-state index is 0.131. The lowest BCUT2D eigenvalue weighted by atomic mass is 10.0. The summed E-state index contributed by atoms with van der Waals surface area (Å²) in [5, 5.41) is 12.0. The molecule has 0 N–H and O–H groups in total. The van der Waals surface area contributed by atoms with Gasteiger partial charge in [0, 0.05) is 21.5 Å². The van der Waals surface area contributed by atoms with Crippen molar-refractivity contribution in [2.75, 3.05) is 0 Å². The van der Waals surface area contributed by atoms with Gasteiger partial charge in [0.15, 0.2) is 0 Å². The maximum Gasteiger partial charge on any atom is 0.421 e. The molecule has 3 nitrogen and oxygen atoms in total. The van der Waals surface area contributed by atoms with E-state index in [9.17, 15) is 36.0 Å². The fourth-order valence-electron chi connectivity index (χ4n) is 6.83. The number of nitriles is 1. The van der Waals surface area contributed by atoms with Crippen molar-refractivity contribution >= 4 is 43.6 Å². The molecule has 2 heterocycles. The molecule has 10 heteroatoms. The molecule has 8 rings (SSSR count). The van der Waals surface area contributed by atoms with Gasteiger partial charge in [-0.15, -0.1) is 0 Å². The summed E-state index contributed by atoms with van der Waals surface area (Å²) in [6.07, 6.45) is -9.74. The van der Waals surface area contributed by atoms with Crippen LogP contribution in [0.2, 0.25) is 0 Å². The van der Waals surface area contributed by atoms with Crippen LogP contribution in [0.4, 0.5) is 30.7 Å². The Bertz CT molecular complexity index is 2670. The number of benzene rings is 6. The Labute approximate surface area is 273 Å². The van der Waals surface area contributed by atoms with Gasteiger partial charge in [-0.05, 0) is 65.7 Å². The van der Waals surface area contributed by atoms with E-state index in [1.165, 1.54) is 33.4 Å². The van der Waals surface area contributed by atoms with Crippen molar-refractivity contribution in [3.63, 3.8) is 0 Å². The van der Waals surface area contributed by atoms with Crippen LogP contribution in [0.5, 0.6) is 0 Å². The second-order valence-electron chi connectivity index (χ2n) is 11.6. The molecular weight excluding hydrogens is 643 g/mol. The molecule has 0 saturated carbocycles. The van der Waals surface area contributed by atoms with Crippen LogP contribution in [-0.4, -0.2) is 9.13 Å². The summed E-state index contributed by atoms with van der Waals surface area (Å²) in [6.45, 7) is 0. The van der Waals surface area contributed by atoms with E-state index >= 15 is 0 Å². The molecule has 0 atom stereocenters. The van der Waals surface area contributed by atoms with E-state index in [1.54, 1.807) is 84.9 Å². The smallest absolute Gasteiger partial charge is 0.309 e. The predicted molar refractivity (Wildman–Crippen MR) is 175 cm³/mol. The first kappa shape index (κ1) is 30.3. The van der Waals surface area contributed by atoms with E-state index in [2.05, 4.69) is 0 Å². The average molecular weight is 664 g/mol. The number of nitrogens with zero attached hydrogens (tertiary/aromatic N) is 3. The van der Waals surface area contributed by atoms with Crippen LogP contribution in [0, 0.1) is 17.1 Å². The van der Waals surface area contributed by atoms with Crippen molar-refractivity contribution in [1.29, 1.82) is 5.26 Å². The van der Waals surface area contributed by atoms with Crippen LogP contribution in [0.1, 0.15) is 16.7 Å². The number of aromatic nitrogens is 2. The van der Waals surface area contributed by atoms with Gasteiger partial charge in [-0.2, -0.15) is 31.6 Å². The van der Waals surface area contributed by atoms with Gasteiger partial charge in [0.05, 0.1) is 50.6 Å². The summed E-state index contributed by atoms with van der Waals surface area (Å²) < 4.78 is 104. The van der Waals surface area contributed by atoms with Gasteiger partial charge in [0.25, 0.3) is 0 Å². The summed E-state index contributed by atoms with van der Waals surface area (Å²) in [5.74, 6) is -1.40. The molecule has 0 radical (unpaired) electrons. The molecular formula is C39H20F7N3. The number of halogens is 7. The average Bonchev–Trinajstić information content (AvgIpc) is 3.59. The molecule has 49 heavy (non-hydrogen) atoms. The molecule has 2 aromatic heterocycles. The maximum absolute atomic E-state index is 14.8. The number of para-hydroxylation sites is 2. The topological polar surface area (TPSA) is 33.6 Å². The van der Waals surface area contributed by atoms with E-state index in [0.29, 0.717) is 54.7 Å². The van der Waals surface area contributed by atoms with E-state index in [1.807, 2.05) is 6.07 Å². The first-order valence-corrected chi connectivity index (χ1v) is 15.0. The minimum Gasteiger partial charge on any atom is -0.309 e. The largest absolute Gasteiger partial charge is 0.421 e. The van der Waals surface area contributed by atoms with Gasteiger partial charge < -0.3 is 9.13 Å². The van der Waals surface area contributed by atoms with Crippen LogP contribution in [0.15, 0.2) is 121 Å². The van der Waals surface area contributed by atoms with E-state index < -0.39 is 29.3 Å². The molecule has 240 valence electrons. The second kappa shape index (κ2) is 10.7. The van der Waals surface area contributed by atoms with E-state index in [4.69, 9.17) is 0 Å². The number of hydrogen-bond acceptors (Lipinski definition) is 1. The molecule has 0 fully saturated rings. The monoisotopic (exact) mass is 663 g/mol. The lowest BCUT2D eigenvalue weighted by Gasteiger charge is -2.17. The standard InChI is InChI=1S/C39H20F7N3/c40-30-8-5-11-34(37(30)39(44,45)46)49-32-10-4-2-7-26(32)28-16-14-24(20-36(28)49)23-13-15-27-25-6-1-3-9-31(25)48(35(27)19-23)33-17-12-22(21-47)18-29(33)38(41,42)43/h1-20H. The first-order chi connectivity index (χ1) is 23.5. The zero-order valence-electron chi connectivity index (χ0n) is 25.0. The molecule has 6 aromatic carbocycles. The van der Waals surface area contributed by atoms with Gasteiger partial charge in [0.1, 0.15) is 11.4 Å². The Morgan fingerprint density at radius 2 is 1.02 bits per heavy atom. The third-order valence-electron chi connectivity index (χ3n) is 8.87. The number of alkyl halides is 6. The molecule has 0 saturated heterocycles. The summed E-state index contributed by atoms with van der Waals surface area (Å²) in [6, 6.07) is 33.0. The molecule has 0 spiro atoms. The highest BCUT2D eigenvalue weighted by Crippen LogP contribution is 2.43. The number of hydrogen-bond donors (Lipinski definition) is 0. The highest BCUT2D eigenvalue weighted by Gasteiger charge is 2.38. The first-order valence-electron chi connectivity index (χ1n) is 15.0. The van der Waals surface area contributed by atoms with Crippen LogP contribution in [0.25, 0.3) is 66.1 Å². The maximum atomic E-state index is 14.8. The minimum atomic E-state index is -4.98. The zero-order valence-corrected chi connectivity index (χ0v) is 25.0. The van der Waals surface area contributed by atoms with Crippen LogP contribution >= 0.6 is 0 Å². The van der Waals surface area contributed by atoms with Gasteiger partial charge in [-0.3, -0.25) is 0 Å². The van der Waals surface area contributed by atoms with Crippen LogP contribution < -0.4 is 0 Å². The lowest BCUT2D eigenvalue weighted by Crippen LogP contribution is -2.13. The van der Waals surface area contributed by atoms with Crippen molar-refractivity contribution in [2.24, 2.45) is 0 Å². The van der Waals surface area contributed by atoms with Crippen molar-refractivity contribution < 1.29 is 30.7 Å². The molecule has 0 amide bonds. The normalized spacial score (nSPS) is 12.4. The van der Waals surface area contributed by atoms with Gasteiger partial charge in [-0.1, -0.05) is 66.7 Å². The summed E-state index contributed by atoms with van der Waals surface area (Å²) in [4.78, 5) is 0.